The molecule has 1 saturated carbocycles. The van der Waals surface area contributed by atoms with E-state index < -0.39 is 0 Å². The number of imide groups is 1. The fraction of sp³-hybridized carbons (Fsp3) is 0.812. The largest absolute Gasteiger partial charge is 0.450 e. The normalized spacial score (nSPS) is 19.1. The predicted octanol–water partition coefficient (Wildman–Crippen LogP) is 0.919. The van der Waals surface area contributed by atoms with Crippen molar-refractivity contribution in [1.29, 1.82) is 0 Å². The molecular formula is C16H28N4O4. The van der Waals surface area contributed by atoms with Gasteiger partial charge in [0.25, 0.3) is 0 Å². The van der Waals surface area contributed by atoms with Crippen molar-refractivity contribution in [2.75, 3.05) is 39.3 Å². The predicted molar refractivity (Wildman–Crippen MR) is 88.6 cm³/mol. The molecule has 0 aromatic rings. The molecular weight excluding hydrogens is 312 g/mol. The molecule has 1 aliphatic heterocycles. The summed E-state index contributed by atoms with van der Waals surface area (Å²) in [5.41, 5.74) is 0. The first kappa shape index (κ1) is 18.5. The molecule has 0 radical (unpaired) electrons. The molecule has 2 fully saturated rings. The first-order chi connectivity index (χ1) is 11.6. The van der Waals surface area contributed by atoms with Crippen molar-refractivity contribution in [1.82, 2.24) is 20.4 Å². The van der Waals surface area contributed by atoms with Gasteiger partial charge in [0.1, 0.15) is 0 Å². The summed E-state index contributed by atoms with van der Waals surface area (Å²) in [4.78, 5) is 39.0. The number of piperazine rings is 1. The minimum atomic E-state index is -0.390. The Kier molecular flexibility index (Phi) is 7.30. The van der Waals surface area contributed by atoms with Crippen molar-refractivity contribution in [3.8, 4) is 0 Å². The van der Waals surface area contributed by atoms with Crippen molar-refractivity contribution in [2.24, 2.45) is 0 Å². The third kappa shape index (κ3) is 5.99. The molecule has 0 atom stereocenters. The number of hydrogen-bond acceptors (Lipinski definition) is 5. The van der Waals surface area contributed by atoms with Crippen molar-refractivity contribution in [3.05, 3.63) is 0 Å². The van der Waals surface area contributed by atoms with Crippen LogP contribution in [0.2, 0.25) is 0 Å². The SMILES string of the molecule is CCOC(=O)N1CCN(CCC(=O)NC(=O)NC2CCCC2)CC1. The summed E-state index contributed by atoms with van der Waals surface area (Å²) in [6.45, 7) is 5.36. The zero-order chi connectivity index (χ0) is 17.4. The first-order valence-electron chi connectivity index (χ1n) is 8.83. The molecule has 0 unspecified atom stereocenters. The van der Waals surface area contributed by atoms with E-state index in [0.29, 0.717) is 39.3 Å². The van der Waals surface area contributed by atoms with Gasteiger partial charge in [-0.1, -0.05) is 12.8 Å². The number of nitrogens with zero attached hydrogens (tertiary/aromatic N) is 2. The van der Waals surface area contributed by atoms with Crippen LogP contribution in [0.15, 0.2) is 0 Å². The number of ether oxygens (including phenoxy) is 1. The average molecular weight is 340 g/mol. The number of hydrogen-bond donors (Lipinski definition) is 2. The Hall–Kier alpha value is -1.83. The van der Waals surface area contributed by atoms with Gasteiger partial charge in [0.05, 0.1) is 6.61 Å². The second-order valence-corrected chi connectivity index (χ2v) is 6.28. The van der Waals surface area contributed by atoms with Gasteiger partial charge in [0.2, 0.25) is 5.91 Å². The second kappa shape index (κ2) is 9.46. The summed E-state index contributed by atoms with van der Waals surface area (Å²) < 4.78 is 4.97. The van der Waals surface area contributed by atoms with Crippen molar-refractivity contribution >= 4 is 18.0 Å². The summed E-state index contributed by atoms with van der Waals surface area (Å²) in [6.07, 6.45) is 4.25. The van der Waals surface area contributed by atoms with Gasteiger partial charge in [-0.2, -0.15) is 0 Å². The van der Waals surface area contributed by atoms with Crippen LogP contribution in [0.3, 0.4) is 0 Å². The molecule has 1 aliphatic carbocycles. The number of nitrogens with one attached hydrogen (secondary N) is 2. The molecule has 0 aromatic heterocycles. The third-order valence-electron chi connectivity index (χ3n) is 4.50. The van der Waals surface area contributed by atoms with E-state index in [1.807, 2.05) is 0 Å². The van der Waals surface area contributed by atoms with Crippen LogP contribution in [0.5, 0.6) is 0 Å². The molecule has 8 heteroatoms. The van der Waals surface area contributed by atoms with Crippen LogP contribution in [-0.4, -0.2) is 73.2 Å². The Morgan fingerprint density at radius 3 is 2.38 bits per heavy atom. The van der Waals surface area contributed by atoms with Gasteiger partial charge in [0.15, 0.2) is 0 Å². The van der Waals surface area contributed by atoms with Gasteiger partial charge in [-0.15, -0.1) is 0 Å². The van der Waals surface area contributed by atoms with E-state index in [9.17, 15) is 14.4 Å². The fourth-order valence-electron chi connectivity index (χ4n) is 3.11. The Bertz CT molecular complexity index is 443. The van der Waals surface area contributed by atoms with Gasteiger partial charge in [-0.3, -0.25) is 15.0 Å². The summed E-state index contributed by atoms with van der Waals surface area (Å²) in [5, 5.41) is 5.23. The van der Waals surface area contributed by atoms with Crippen LogP contribution < -0.4 is 10.6 Å². The van der Waals surface area contributed by atoms with E-state index in [1.54, 1.807) is 11.8 Å². The molecule has 1 heterocycles. The van der Waals surface area contributed by atoms with E-state index in [0.717, 1.165) is 25.7 Å². The smallest absolute Gasteiger partial charge is 0.409 e. The zero-order valence-electron chi connectivity index (χ0n) is 14.4. The fourth-order valence-corrected chi connectivity index (χ4v) is 3.11. The molecule has 0 bridgehead atoms. The highest BCUT2D eigenvalue weighted by molar-refractivity contribution is 5.94. The summed E-state index contributed by atoms with van der Waals surface area (Å²) in [7, 11) is 0. The second-order valence-electron chi connectivity index (χ2n) is 6.28. The minimum Gasteiger partial charge on any atom is -0.450 e. The van der Waals surface area contributed by atoms with Gasteiger partial charge in [-0.05, 0) is 19.8 Å². The van der Waals surface area contributed by atoms with Crippen molar-refractivity contribution < 1.29 is 19.1 Å². The Balaban J connectivity index is 1.59. The van der Waals surface area contributed by atoms with Crippen LogP contribution in [0.1, 0.15) is 39.0 Å². The number of carbonyl (C=O) groups is 3. The summed E-state index contributed by atoms with van der Waals surface area (Å²) >= 11 is 0. The average Bonchev–Trinajstić information content (AvgIpc) is 3.06. The Morgan fingerprint density at radius 1 is 1.08 bits per heavy atom. The van der Waals surface area contributed by atoms with Crippen LogP contribution in [-0.2, 0) is 9.53 Å². The molecule has 2 aliphatic rings. The van der Waals surface area contributed by atoms with E-state index in [4.69, 9.17) is 4.74 Å². The Labute approximate surface area is 142 Å². The minimum absolute atomic E-state index is 0.203. The number of urea groups is 1. The maximum Gasteiger partial charge on any atom is 0.409 e. The van der Waals surface area contributed by atoms with E-state index >= 15 is 0 Å². The van der Waals surface area contributed by atoms with Gasteiger partial charge >= 0.3 is 12.1 Å². The van der Waals surface area contributed by atoms with Crippen LogP contribution >= 0.6 is 0 Å². The quantitative estimate of drug-likeness (QED) is 0.776. The topological polar surface area (TPSA) is 91.0 Å². The molecule has 0 spiro atoms. The lowest BCUT2D eigenvalue weighted by atomic mass is 10.2. The molecule has 2 N–H and O–H groups in total. The number of rotatable bonds is 5. The highest BCUT2D eigenvalue weighted by Crippen LogP contribution is 2.17. The Morgan fingerprint density at radius 2 is 1.75 bits per heavy atom. The maximum atomic E-state index is 11.8. The monoisotopic (exact) mass is 340 g/mol. The molecule has 1 saturated heterocycles. The molecule has 2 rings (SSSR count). The summed E-state index contributed by atoms with van der Waals surface area (Å²) in [6, 6.07) is -0.187. The molecule has 136 valence electrons. The van der Waals surface area contributed by atoms with E-state index in [2.05, 4.69) is 15.5 Å². The number of carbonyl (C=O) groups excluding carboxylic acids is 3. The van der Waals surface area contributed by atoms with Crippen LogP contribution in [0, 0.1) is 0 Å². The van der Waals surface area contributed by atoms with Gasteiger partial charge in [-0.25, -0.2) is 9.59 Å². The van der Waals surface area contributed by atoms with Crippen molar-refractivity contribution in [3.63, 3.8) is 0 Å². The van der Waals surface area contributed by atoms with Gasteiger partial charge < -0.3 is 15.0 Å². The lowest BCUT2D eigenvalue weighted by Gasteiger charge is -2.33. The van der Waals surface area contributed by atoms with Crippen LogP contribution in [0.4, 0.5) is 9.59 Å². The molecule has 24 heavy (non-hydrogen) atoms. The van der Waals surface area contributed by atoms with Crippen molar-refractivity contribution in [2.45, 2.75) is 45.1 Å². The van der Waals surface area contributed by atoms with Crippen LogP contribution in [0.25, 0.3) is 0 Å². The lowest BCUT2D eigenvalue weighted by molar-refractivity contribution is -0.120. The highest BCUT2D eigenvalue weighted by atomic mass is 16.6. The van der Waals surface area contributed by atoms with E-state index in [-0.39, 0.29) is 30.5 Å². The maximum absolute atomic E-state index is 11.8. The molecule has 4 amide bonds. The van der Waals surface area contributed by atoms with Gasteiger partial charge in [0, 0.05) is 45.2 Å². The van der Waals surface area contributed by atoms with E-state index in [1.165, 1.54) is 0 Å². The molecule has 8 nitrogen and oxygen atoms in total. The number of amides is 4. The zero-order valence-corrected chi connectivity index (χ0v) is 14.4. The first-order valence-corrected chi connectivity index (χ1v) is 8.83. The molecule has 0 aromatic carbocycles. The lowest BCUT2D eigenvalue weighted by Crippen LogP contribution is -2.50. The third-order valence-corrected chi connectivity index (χ3v) is 4.50. The standard InChI is InChI=1S/C16H28N4O4/c1-2-24-16(23)20-11-9-19(10-12-20)8-7-14(21)18-15(22)17-13-5-3-4-6-13/h13H,2-12H2,1H3,(H2,17,18,21,22). The highest BCUT2D eigenvalue weighted by Gasteiger charge is 2.22. The summed E-state index contributed by atoms with van der Waals surface area (Å²) in [5.74, 6) is -0.265.